The fourth-order valence-corrected chi connectivity index (χ4v) is 4.54. The Bertz CT molecular complexity index is 1130. The molecule has 0 fully saturated rings. The standard InChI is InChI=1S/C19H17Cl2N3O3S2/c1-12-23-15(11-28-12)10-22-19(25)8-13-2-4-14(5-3-13)24-29(26,27)16-6-7-17(20)18(21)9-16/h2-7,9,11,24H,8,10H2,1H3,(H,22,25). The van der Waals surface area contributed by atoms with Gasteiger partial charge >= 0.3 is 0 Å². The SMILES string of the molecule is Cc1nc(CNC(=O)Cc2ccc(NS(=O)(=O)c3ccc(Cl)c(Cl)c3)cc2)cs1. The van der Waals surface area contributed by atoms with Gasteiger partial charge in [-0.15, -0.1) is 11.3 Å². The summed E-state index contributed by atoms with van der Waals surface area (Å²) < 4.78 is 27.4. The molecular formula is C19H17Cl2N3O3S2. The summed E-state index contributed by atoms with van der Waals surface area (Å²) in [7, 11) is -3.80. The molecule has 29 heavy (non-hydrogen) atoms. The topological polar surface area (TPSA) is 88.2 Å². The Hall–Kier alpha value is -2.13. The smallest absolute Gasteiger partial charge is 0.261 e. The summed E-state index contributed by atoms with van der Waals surface area (Å²) in [5.41, 5.74) is 1.96. The lowest BCUT2D eigenvalue weighted by molar-refractivity contribution is -0.120. The van der Waals surface area contributed by atoms with Crippen molar-refractivity contribution >= 4 is 56.2 Å². The second-order valence-corrected chi connectivity index (χ2v) is 9.75. The van der Waals surface area contributed by atoms with Gasteiger partial charge in [-0.3, -0.25) is 9.52 Å². The largest absolute Gasteiger partial charge is 0.350 e. The predicted molar refractivity (Wildman–Crippen MR) is 116 cm³/mol. The predicted octanol–water partition coefficient (Wildman–Crippen LogP) is 4.42. The Morgan fingerprint density at radius 3 is 2.45 bits per heavy atom. The van der Waals surface area contributed by atoms with Crippen molar-refractivity contribution in [1.29, 1.82) is 0 Å². The van der Waals surface area contributed by atoms with Crippen LogP contribution in [0.15, 0.2) is 52.7 Å². The first-order valence-corrected chi connectivity index (χ1v) is 11.6. The van der Waals surface area contributed by atoms with E-state index in [0.29, 0.717) is 12.2 Å². The third kappa shape index (κ3) is 5.93. The molecule has 0 atom stereocenters. The molecule has 0 saturated carbocycles. The van der Waals surface area contributed by atoms with Crippen LogP contribution in [0.2, 0.25) is 10.0 Å². The van der Waals surface area contributed by atoms with Crippen molar-refractivity contribution in [3.05, 3.63) is 74.2 Å². The first-order valence-electron chi connectivity index (χ1n) is 8.47. The Labute approximate surface area is 182 Å². The van der Waals surface area contributed by atoms with Crippen LogP contribution in [0.25, 0.3) is 0 Å². The highest BCUT2D eigenvalue weighted by atomic mass is 35.5. The van der Waals surface area contributed by atoms with Crippen LogP contribution in [0.4, 0.5) is 5.69 Å². The second-order valence-electron chi connectivity index (χ2n) is 6.19. The molecule has 0 saturated heterocycles. The molecule has 0 spiro atoms. The number of halogens is 2. The quantitative estimate of drug-likeness (QED) is 0.535. The monoisotopic (exact) mass is 469 g/mol. The third-order valence-corrected chi connectivity index (χ3v) is 6.85. The molecule has 3 aromatic rings. The Morgan fingerprint density at radius 2 is 1.83 bits per heavy atom. The van der Waals surface area contributed by atoms with Crippen LogP contribution in [0.3, 0.4) is 0 Å². The number of amides is 1. The molecule has 1 amide bonds. The lowest BCUT2D eigenvalue weighted by Gasteiger charge is -2.10. The number of aromatic nitrogens is 1. The number of sulfonamides is 1. The Morgan fingerprint density at radius 1 is 1.10 bits per heavy atom. The summed E-state index contributed by atoms with van der Waals surface area (Å²) in [5, 5.41) is 6.11. The van der Waals surface area contributed by atoms with E-state index in [2.05, 4.69) is 15.0 Å². The fourth-order valence-electron chi connectivity index (χ4n) is 2.48. The maximum Gasteiger partial charge on any atom is 0.261 e. The van der Waals surface area contributed by atoms with Crippen LogP contribution in [0.5, 0.6) is 0 Å². The van der Waals surface area contributed by atoms with Gasteiger partial charge in [-0.2, -0.15) is 0 Å². The van der Waals surface area contributed by atoms with E-state index in [0.717, 1.165) is 16.3 Å². The summed E-state index contributed by atoms with van der Waals surface area (Å²) in [6.45, 7) is 2.29. The van der Waals surface area contributed by atoms with Crippen LogP contribution >= 0.6 is 34.5 Å². The van der Waals surface area contributed by atoms with Crippen molar-refractivity contribution < 1.29 is 13.2 Å². The lowest BCUT2D eigenvalue weighted by Crippen LogP contribution is -2.24. The van der Waals surface area contributed by atoms with Crippen molar-refractivity contribution in [2.75, 3.05) is 4.72 Å². The first-order chi connectivity index (χ1) is 13.7. The molecule has 1 aromatic heterocycles. The summed E-state index contributed by atoms with van der Waals surface area (Å²) in [4.78, 5) is 16.4. The van der Waals surface area contributed by atoms with Crippen LogP contribution in [-0.4, -0.2) is 19.3 Å². The maximum absolute atomic E-state index is 12.5. The maximum atomic E-state index is 12.5. The molecule has 2 aromatic carbocycles. The molecule has 1 heterocycles. The van der Waals surface area contributed by atoms with Gasteiger partial charge in [0.15, 0.2) is 0 Å². The number of carbonyl (C=O) groups excluding carboxylic acids is 1. The minimum absolute atomic E-state index is 0.00707. The summed E-state index contributed by atoms with van der Waals surface area (Å²) >= 11 is 13.3. The molecule has 152 valence electrons. The average Bonchev–Trinajstić information content (AvgIpc) is 3.09. The Balaban J connectivity index is 1.59. The van der Waals surface area contributed by atoms with Crippen molar-refractivity contribution in [1.82, 2.24) is 10.3 Å². The highest BCUT2D eigenvalue weighted by Gasteiger charge is 2.16. The molecule has 10 heteroatoms. The van der Waals surface area contributed by atoms with Crippen LogP contribution in [0, 0.1) is 6.92 Å². The molecule has 2 N–H and O–H groups in total. The second kappa shape index (κ2) is 9.13. The molecule has 6 nitrogen and oxygen atoms in total. The molecular weight excluding hydrogens is 453 g/mol. The highest BCUT2D eigenvalue weighted by Crippen LogP contribution is 2.26. The van der Waals surface area contributed by atoms with Crippen LogP contribution in [-0.2, 0) is 27.8 Å². The van der Waals surface area contributed by atoms with Crippen molar-refractivity contribution in [2.45, 2.75) is 24.8 Å². The van der Waals surface area contributed by atoms with Crippen molar-refractivity contribution in [3.63, 3.8) is 0 Å². The minimum Gasteiger partial charge on any atom is -0.350 e. The summed E-state index contributed by atoms with van der Waals surface area (Å²) in [6, 6.07) is 10.7. The van der Waals surface area contributed by atoms with Crippen molar-refractivity contribution in [2.24, 2.45) is 0 Å². The summed E-state index contributed by atoms with van der Waals surface area (Å²) in [5.74, 6) is -0.139. The van der Waals surface area contributed by atoms with Gasteiger partial charge in [0.2, 0.25) is 5.91 Å². The number of nitrogens with zero attached hydrogens (tertiary/aromatic N) is 1. The number of hydrogen-bond donors (Lipinski definition) is 2. The van der Waals surface area contributed by atoms with E-state index in [4.69, 9.17) is 23.2 Å². The average molecular weight is 470 g/mol. The van der Waals surface area contributed by atoms with Crippen molar-refractivity contribution in [3.8, 4) is 0 Å². The van der Waals surface area contributed by atoms with Gasteiger partial charge in [-0.1, -0.05) is 35.3 Å². The Kier molecular flexibility index (Phi) is 6.79. The number of carbonyl (C=O) groups is 1. The van der Waals surface area contributed by atoms with Gasteiger partial charge < -0.3 is 5.32 Å². The van der Waals surface area contributed by atoms with Gasteiger partial charge in [0.05, 0.1) is 38.6 Å². The van der Waals surface area contributed by atoms with Crippen LogP contribution < -0.4 is 10.0 Å². The fraction of sp³-hybridized carbons (Fsp3) is 0.158. The number of rotatable bonds is 7. The molecule has 0 aliphatic carbocycles. The molecule has 0 aliphatic rings. The number of aryl methyl sites for hydroxylation is 1. The zero-order valence-corrected chi connectivity index (χ0v) is 18.4. The lowest BCUT2D eigenvalue weighted by atomic mass is 10.1. The number of nitrogens with one attached hydrogen (secondary N) is 2. The van der Waals surface area contributed by atoms with E-state index in [1.54, 1.807) is 24.3 Å². The normalized spacial score (nSPS) is 11.3. The number of benzene rings is 2. The van der Waals surface area contributed by atoms with Gasteiger partial charge in [-0.05, 0) is 42.8 Å². The zero-order chi connectivity index (χ0) is 21.0. The van der Waals surface area contributed by atoms with Gasteiger partial charge in [0.25, 0.3) is 10.0 Å². The summed E-state index contributed by atoms with van der Waals surface area (Å²) in [6.07, 6.45) is 0.183. The molecule has 3 rings (SSSR count). The van der Waals surface area contributed by atoms with Gasteiger partial charge in [-0.25, -0.2) is 13.4 Å². The number of thiazole rings is 1. The third-order valence-electron chi connectivity index (χ3n) is 3.91. The van der Waals surface area contributed by atoms with Gasteiger partial charge in [0, 0.05) is 11.1 Å². The van der Waals surface area contributed by atoms with E-state index in [9.17, 15) is 13.2 Å². The highest BCUT2D eigenvalue weighted by molar-refractivity contribution is 7.92. The number of anilines is 1. The molecule has 0 radical (unpaired) electrons. The van der Waals surface area contributed by atoms with E-state index in [1.807, 2.05) is 12.3 Å². The zero-order valence-electron chi connectivity index (χ0n) is 15.3. The van der Waals surface area contributed by atoms with Gasteiger partial charge in [0.1, 0.15) is 0 Å². The van der Waals surface area contributed by atoms with Crippen LogP contribution in [0.1, 0.15) is 16.3 Å². The molecule has 0 bridgehead atoms. The van der Waals surface area contributed by atoms with E-state index >= 15 is 0 Å². The minimum atomic E-state index is -3.80. The molecule has 0 aliphatic heterocycles. The van der Waals surface area contributed by atoms with E-state index < -0.39 is 10.0 Å². The van der Waals surface area contributed by atoms with E-state index in [1.165, 1.54) is 29.5 Å². The van der Waals surface area contributed by atoms with E-state index in [-0.39, 0.29) is 27.3 Å². The number of hydrogen-bond acceptors (Lipinski definition) is 5. The first kappa shape index (κ1) is 21.6. The molecule has 0 unspecified atom stereocenters.